The molecule has 2 aromatic heterocycles. The van der Waals surface area contributed by atoms with E-state index in [1.54, 1.807) is 0 Å². The molecule has 2 aliphatic rings. The summed E-state index contributed by atoms with van der Waals surface area (Å²) < 4.78 is 9.57. The van der Waals surface area contributed by atoms with E-state index in [4.69, 9.17) is 4.74 Å². The second kappa shape index (κ2) is 12.9. The Kier molecular flexibility index (Phi) is 8.87. The Bertz CT molecular complexity index is 1470. The van der Waals surface area contributed by atoms with Gasteiger partial charge in [-0.05, 0) is 48.6 Å². The number of fused-ring (bicyclic) bond motifs is 5. The van der Waals surface area contributed by atoms with Gasteiger partial charge in [-0.25, -0.2) is 4.79 Å². The first-order chi connectivity index (χ1) is 20.1. The average Bonchev–Trinajstić information content (AvgIpc) is 3.54. The minimum atomic E-state index is -0.821. The summed E-state index contributed by atoms with van der Waals surface area (Å²) in [4.78, 5) is 17.4. The van der Waals surface area contributed by atoms with Gasteiger partial charge in [0.15, 0.2) is 0 Å². The third-order valence-corrected chi connectivity index (χ3v) is 9.98. The predicted molar refractivity (Wildman–Crippen MR) is 167 cm³/mol. The lowest BCUT2D eigenvalue weighted by Gasteiger charge is -2.30. The number of likely N-dealkylation sites (N-methyl/N-ethyl adjacent to an activating group) is 1. The van der Waals surface area contributed by atoms with E-state index >= 15 is 0 Å². The zero-order valence-electron chi connectivity index (χ0n) is 24.1. The van der Waals surface area contributed by atoms with Gasteiger partial charge in [0, 0.05) is 44.8 Å². The van der Waals surface area contributed by atoms with Crippen LogP contribution in [-0.4, -0.2) is 65.3 Å². The zero-order valence-corrected chi connectivity index (χ0v) is 24.9. The molecule has 216 valence electrons. The van der Waals surface area contributed by atoms with Crippen molar-refractivity contribution in [1.82, 2.24) is 14.4 Å². The second-order valence-corrected chi connectivity index (χ2v) is 12.7. The van der Waals surface area contributed by atoms with Crippen molar-refractivity contribution < 1.29 is 14.6 Å². The van der Waals surface area contributed by atoms with E-state index in [9.17, 15) is 9.90 Å². The lowest BCUT2D eigenvalue weighted by Crippen LogP contribution is -2.37. The molecule has 1 fully saturated rings. The standard InChI is InChI=1S/C34H41N3O3S/c1-35(20-21-40-24-25-10-4-2-5-11-25)16-17-36-18-19-37-29-22-30(34(38)39)41-33(29)31(26-12-6-3-7-13-26)32(37)28-15-9-8-14-27(28)23-36/h2,4-5,8-11,14-15,22,26H,3,6-7,12-13,16-21,23-24H2,1H3,(H,38,39). The Labute approximate surface area is 247 Å². The SMILES string of the molecule is CN(CCOCc1ccccc1)CCN1CCn2c(c(C3CCCCC3)c3sc(C(=O)O)cc32)-c2ccccc2C1. The number of carboxylic acid groups (broad SMARTS) is 1. The van der Waals surface area contributed by atoms with Gasteiger partial charge in [0.1, 0.15) is 4.88 Å². The molecule has 0 amide bonds. The molecule has 6 nitrogen and oxygen atoms in total. The quantitative estimate of drug-likeness (QED) is 0.206. The maximum absolute atomic E-state index is 12.0. The zero-order chi connectivity index (χ0) is 28.2. The Morgan fingerprint density at radius 3 is 2.61 bits per heavy atom. The van der Waals surface area contributed by atoms with E-state index in [0.29, 0.717) is 24.0 Å². The molecule has 0 spiro atoms. The number of ether oxygens (including phenoxy) is 1. The Morgan fingerprint density at radius 2 is 1.80 bits per heavy atom. The van der Waals surface area contributed by atoms with Gasteiger partial charge < -0.3 is 19.3 Å². The fraction of sp³-hybridized carbons (Fsp3) is 0.441. The Morgan fingerprint density at radius 1 is 1.02 bits per heavy atom. The lowest BCUT2D eigenvalue weighted by atomic mass is 9.82. The number of thiophene rings is 1. The molecule has 1 aliphatic heterocycles. The number of benzene rings is 2. The number of hydrogen-bond donors (Lipinski definition) is 1. The molecule has 2 aromatic carbocycles. The van der Waals surface area contributed by atoms with Gasteiger partial charge in [-0.3, -0.25) is 4.90 Å². The molecule has 0 atom stereocenters. The lowest BCUT2D eigenvalue weighted by molar-refractivity contribution is 0.0702. The van der Waals surface area contributed by atoms with Crippen molar-refractivity contribution in [3.05, 3.63) is 82.2 Å². The molecular weight excluding hydrogens is 530 g/mol. The van der Waals surface area contributed by atoms with Crippen molar-refractivity contribution in [2.45, 2.75) is 57.7 Å². The molecule has 1 N–H and O–H groups in total. The van der Waals surface area contributed by atoms with Gasteiger partial charge in [0.2, 0.25) is 0 Å². The average molecular weight is 572 g/mol. The maximum Gasteiger partial charge on any atom is 0.345 e. The first-order valence-electron chi connectivity index (χ1n) is 15.1. The number of rotatable bonds is 10. The molecule has 0 saturated heterocycles. The van der Waals surface area contributed by atoms with E-state index in [1.165, 1.54) is 76.1 Å². The molecule has 1 aliphatic carbocycles. The van der Waals surface area contributed by atoms with Crippen LogP contribution in [0.3, 0.4) is 0 Å². The van der Waals surface area contributed by atoms with E-state index in [-0.39, 0.29) is 0 Å². The van der Waals surface area contributed by atoms with E-state index in [2.05, 4.69) is 57.8 Å². The van der Waals surface area contributed by atoms with Gasteiger partial charge in [0.05, 0.1) is 29.1 Å². The highest BCUT2D eigenvalue weighted by Crippen LogP contribution is 2.47. The number of nitrogens with zero attached hydrogens (tertiary/aromatic N) is 3. The summed E-state index contributed by atoms with van der Waals surface area (Å²) >= 11 is 1.48. The van der Waals surface area contributed by atoms with Crippen molar-refractivity contribution in [3.8, 4) is 11.3 Å². The van der Waals surface area contributed by atoms with Crippen LogP contribution < -0.4 is 0 Å². The van der Waals surface area contributed by atoms with E-state index < -0.39 is 5.97 Å². The van der Waals surface area contributed by atoms with Crippen LogP contribution in [0.2, 0.25) is 0 Å². The molecule has 4 aromatic rings. The van der Waals surface area contributed by atoms with Crippen LogP contribution in [0.15, 0.2) is 60.7 Å². The summed E-state index contributed by atoms with van der Waals surface area (Å²) in [7, 11) is 2.17. The highest BCUT2D eigenvalue weighted by molar-refractivity contribution is 7.21. The third-order valence-electron chi connectivity index (χ3n) is 8.83. The molecule has 41 heavy (non-hydrogen) atoms. The Hall–Kier alpha value is -2.97. The molecule has 7 heteroatoms. The van der Waals surface area contributed by atoms with Crippen molar-refractivity contribution in [3.63, 3.8) is 0 Å². The molecule has 0 radical (unpaired) electrons. The molecule has 1 saturated carbocycles. The van der Waals surface area contributed by atoms with Crippen molar-refractivity contribution >= 4 is 27.5 Å². The minimum absolute atomic E-state index is 0.450. The highest BCUT2D eigenvalue weighted by atomic mass is 32.1. The number of carbonyl (C=O) groups is 1. The number of aromatic nitrogens is 1. The van der Waals surface area contributed by atoms with Gasteiger partial charge in [-0.1, -0.05) is 73.9 Å². The summed E-state index contributed by atoms with van der Waals surface area (Å²) in [5.74, 6) is -0.317. The molecule has 6 rings (SSSR count). The van der Waals surface area contributed by atoms with Gasteiger partial charge in [0.25, 0.3) is 0 Å². The van der Waals surface area contributed by atoms with Crippen LogP contribution in [0.4, 0.5) is 0 Å². The van der Waals surface area contributed by atoms with Crippen LogP contribution >= 0.6 is 11.3 Å². The maximum atomic E-state index is 12.0. The Balaban J connectivity index is 1.20. The van der Waals surface area contributed by atoms with E-state index in [1.807, 2.05) is 24.3 Å². The normalized spacial score (nSPS) is 16.4. The van der Waals surface area contributed by atoms with Crippen LogP contribution in [0.1, 0.15) is 64.4 Å². The topological polar surface area (TPSA) is 57.9 Å². The summed E-state index contributed by atoms with van der Waals surface area (Å²) in [6, 6.07) is 21.2. The fourth-order valence-electron chi connectivity index (χ4n) is 6.60. The number of aromatic carboxylic acids is 1. The molecule has 0 bridgehead atoms. The van der Waals surface area contributed by atoms with Crippen molar-refractivity contribution in [2.75, 3.05) is 39.8 Å². The van der Waals surface area contributed by atoms with Crippen LogP contribution in [-0.2, 0) is 24.4 Å². The van der Waals surface area contributed by atoms with Crippen LogP contribution in [0.25, 0.3) is 21.5 Å². The molecular formula is C34H41N3O3S. The van der Waals surface area contributed by atoms with Crippen molar-refractivity contribution in [1.29, 1.82) is 0 Å². The minimum Gasteiger partial charge on any atom is -0.477 e. The fourth-order valence-corrected chi connectivity index (χ4v) is 7.72. The van der Waals surface area contributed by atoms with E-state index in [0.717, 1.165) is 44.8 Å². The largest absolute Gasteiger partial charge is 0.477 e. The summed E-state index contributed by atoms with van der Waals surface area (Å²) in [5.41, 5.74) is 7.75. The monoisotopic (exact) mass is 571 g/mol. The van der Waals surface area contributed by atoms with Gasteiger partial charge >= 0.3 is 5.97 Å². The smallest absolute Gasteiger partial charge is 0.345 e. The van der Waals surface area contributed by atoms with Crippen LogP contribution in [0, 0.1) is 0 Å². The second-order valence-electron chi connectivity index (χ2n) is 11.7. The first-order valence-corrected chi connectivity index (χ1v) is 15.9. The number of carboxylic acids is 1. The van der Waals surface area contributed by atoms with Crippen LogP contribution in [0.5, 0.6) is 0 Å². The van der Waals surface area contributed by atoms with Gasteiger partial charge in [-0.2, -0.15) is 0 Å². The van der Waals surface area contributed by atoms with Gasteiger partial charge in [-0.15, -0.1) is 11.3 Å². The number of hydrogen-bond acceptors (Lipinski definition) is 5. The summed E-state index contributed by atoms with van der Waals surface area (Å²) in [6.45, 7) is 6.95. The predicted octanol–water partition coefficient (Wildman–Crippen LogP) is 7.08. The summed E-state index contributed by atoms with van der Waals surface area (Å²) in [5, 5.41) is 9.85. The third kappa shape index (κ3) is 6.28. The van der Waals surface area contributed by atoms with Crippen molar-refractivity contribution in [2.24, 2.45) is 0 Å². The molecule has 0 unspecified atom stereocenters. The highest BCUT2D eigenvalue weighted by Gasteiger charge is 2.31. The first kappa shape index (κ1) is 28.2. The molecule has 3 heterocycles. The summed E-state index contributed by atoms with van der Waals surface area (Å²) in [6.07, 6.45) is 6.21.